The number of hydrogen-bond acceptors (Lipinski definition) is 4. The SMILES string of the molecule is Cc1noc(C)c1C(C)NC(C)c1ccc(C#N)cc1. The average molecular weight is 269 g/mol. The van der Waals surface area contributed by atoms with E-state index in [2.05, 4.69) is 30.4 Å². The average Bonchev–Trinajstić information content (AvgIpc) is 2.78. The summed E-state index contributed by atoms with van der Waals surface area (Å²) in [7, 11) is 0. The predicted octanol–water partition coefficient (Wildman–Crippen LogP) is 3.57. The summed E-state index contributed by atoms with van der Waals surface area (Å²) in [4.78, 5) is 0. The van der Waals surface area contributed by atoms with Crippen molar-refractivity contribution in [2.75, 3.05) is 0 Å². The first kappa shape index (κ1) is 14.3. The number of rotatable bonds is 4. The maximum atomic E-state index is 8.82. The second kappa shape index (κ2) is 5.89. The quantitative estimate of drug-likeness (QED) is 0.921. The van der Waals surface area contributed by atoms with Crippen molar-refractivity contribution in [3.05, 3.63) is 52.4 Å². The van der Waals surface area contributed by atoms with Gasteiger partial charge in [0, 0.05) is 17.6 Å². The van der Waals surface area contributed by atoms with Gasteiger partial charge in [0.05, 0.1) is 17.3 Å². The van der Waals surface area contributed by atoms with E-state index in [1.807, 2.05) is 38.1 Å². The van der Waals surface area contributed by atoms with Gasteiger partial charge in [-0.15, -0.1) is 0 Å². The molecule has 0 spiro atoms. The molecular weight excluding hydrogens is 250 g/mol. The van der Waals surface area contributed by atoms with E-state index < -0.39 is 0 Å². The molecule has 0 amide bonds. The molecule has 1 heterocycles. The van der Waals surface area contributed by atoms with Crippen LogP contribution in [-0.4, -0.2) is 5.16 Å². The van der Waals surface area contributed by atoms with Crippen LogP contribution in [0.4, 0.5) is 0 Å². The predicted molar refractivity (Wildman–Crippen MR) is 77.1 cm³/mol. The van der Waals surface area contributed by atoms with E-state index >= 15 is 0 Å². The number of nitrogens with one attached hydrogen (secondary N) is 1. The van der Waals surface area contributed by atoms with Crippen LogP contribution in [0.3, 0.4) is 0 Å². The highest BCUT2D eigenvalue weighted by atomic mass is 16.5. The fourth-order valence-corrected chi connectivity index (χ4v) is 2.51. The summed E-state index contributed by atoms with van der Waals surface area (Å²) in [6.45, 7) is 8.10. The molecule has 2 unspecified atom stereocenters. The maximum Gasteiger partial charge on any atom is 0.138 e. The van der Waals surface area contributed by atoms with E-state index in [0.29, 0.717) is 5.56 Å². The van der Waals surface area contributed by atoms with E-state index in [-0.39, 0.29) is 12.1 Å². The number of hydrogen-bond donors (Lipinski definition) is 1. The maximum absolute atomic E-state index is 8.82. The van der Waals surface area contributed by atoms with Gasteiger partial charge in [0.2, 0.25) is 0 Å². The molecule has 4 heteroatoms. The molecule has 0 bridgehead atoms. The third-order valence-corrected chi connectivity index (χ3v) is 3.56. The van der Waals surface area contributed by atoms with Gasteiger partial charge in [-0.3, -0.25) is 0 Å². The summed E-state index contributed by atoms with van der Waals surface area (Å²) in [6.07, 6.45) is 0. The van der Waals surface area contributed by atoms with Gasteiger partial charge in [0.15, 0.2) is 0 Å². The summed E-state index contributed by atoms with van der Waals surface area (Å²) in [6, 6.07) is 10.1. The molecule has 2 atom stereocenters. The lowest BCUT2D eigenvalue weighted by Gasteiger charge is -2.20. The molecule has 104 valence electrons. The van der Waals surface area contributed by atoms with Gasteiger partial charge in [0.25, 0.3) is 0 Å². The first-order chi connectivity index (χ1) is 9.52. The Balaban J connectivity index is 2.11. The minimum atomic E-state index is 0.159. The van der Waals surface area contributed by atoms with Crippen molar-refractivity contribution < 1.29 is 4.52 Å². The summed E-state index contributed by atoms with van der Waals surface area (Å²) >= 11 is 0. The second-order valence-electron chi connectivity index (χ2n) is 5.08. The smallest absolute Gasteiger partial charge is 0.138 e. The number of benzene rings is 1. The van der Waals surface area contributed by atoms with Gasteiger partial charge >= 0.3 is 0 Å². The first-order valence-electron chi connectivity index (χ1n) is 6.71. The van der Waals surface area contributed by atoms with Crippen LogP contribution in [0.15, 0.2) is 28.8 Å². The molecule has 1 aromatic carbocycles. The lowest BCUT2D eigenvalue weighted by molar-refractivity contribution is 0.389. The van der Waals surface area contributed by atoms with Gasteiger partial charge in [-0.1, -0.05) is 17.3 Å². The van der Waals surface area contributed by atoms with Crippen molar-refractivity contribution in [3.8, 4) is 6.07 Å². The van der Waals surface area contributed by atoms with Gasteiger partial charge in [-0.05, 0) is 45.4 Å². The highest BCUT2D eigenvalue weighted by Crippen LogP contribution is 2.24. The Labute approximate surface area is 119 Å². The Morgan fingerprint density at radius 3 is 2.30 bits per heavy atom. The Morgan fingerprint density at radius 2 is 1.80 bits per heavy atom. The van der Waals surface area contributed by atoms with Crippen LogP contribution < -0.4 is 5.32 Å². The van der Waals surface area contributed by atoms with E-state index in [1.54, 1.807) is 0 Å². The first-order valence-corrected chi connectivity index (χ1v) is 6.71. The zero-order valence-electron chi connectivity index (χ0n) is 12.3. The summed E-state index contributed by atoms with van der Waals surface area (Å²) < 4.78 is 5.21. The van der Waals surface area contributed by atoms with Gasteiger partial charge in [-0.25, -0.2) is 0 Å². The normalized spacial score (nSPS) is 13.8. The third-order valence-electron chi connectivity index (χ3n) is 3.56. The van der Waals surface area contributed by atoms with E-state index in [9.17, 15) is 0 Å². The Hall–Kier alpha value is -2.12. The lowest BCUT2D eigenvalue weighted by atomic mass is 10.0. The standard InChI is InChI=1S/C16H19N3O/c1-10(15-7-5-14(9-17)6-8-15)18-11(2)16-12(3)19-20-13(16)4/h5-8,10-11,18H,1-4H3. The fourth-order valence-electron chi connectivity index (χ4n) is 2.51. The molecule has 0 aliphatic carbocycles. The van der Waals surface area contributed by atoms with E-state index in [1.165, 1.54) is 0 Å². The minimum absolute atomic E-state index is 0.159. The lowest BCUT2D eigenvalue weighted by Crippen LogP contribution is -2.23. The van der Waals surface area contributed by atoms with Crippen molar-refractivity contribution in [2.45, 2.75) is 39.8 Å². The molecular formula is C16H19N3O. The van der Waals surface area contributed by atoms with Gasteiger partial charge in [-0.2, -0.15) is 5.26 Å². The second-order valence-corrected chi connectivity index (χ2v) is 5.08. The highest BCUT2D eigenvalue weighted by Gasteiger charge is 2.18. The van der Waals surface area contributed by atoms with Crippen molar-refractivity contribution in [1.29, 1.82) is 5.26 Å². The number of aromatic nitrogens is 1. The molecule has 0 aliphatic heterocycles. The summed E-state index contributed by atoms with van der Waals surface area (Å²) in [5.41, 5.74) is 3.88. The van der Waals surface area contributed by atoms with Crippen LogP contribution in [-0.2, 0) is 0 Å². The Bertz CT molecular complexity index is 603. The number of aryl methyl sites for hydroxylation is 2. The van der Waals surface area contributed by atoms with Crippen molar-refractivity contribution in [3.63, 3.8) is 0 Å². The van der Waals surface area contributed by atoms with Crippen molar-refractivity contribution >= 4 is 0 Å². The molecule has 2 rings (SSSR count). The molecule has 1 aromatic heterocycles. The van der Waals surface area contributed by atoms with Crippen molar-refractivity contribution in [1.82, 2.24) is 10.5 Å². The minimum Gasteiger partial charge on any atom is -0.361 e. The zero-order chi connectivity index (χ0) is 14.7. The molecule has 20 heavy (non-hydrogen) atoms. The largest absolute Gasteiger partial charge is 0.361 e. The number of nitriles is 1. The van der Waals surface area contributed by atoms with Crippen LogP contribution in [0.5, 0.6) is 0 Å². The van der Waals surface area contributed by atoms with Crippen LogP contribution in [0.25, 0.3) is 0 Å². The molecule has 0 saturated carbocycles. The van der Waals surface area contributed by atoms with Gasteiger partial charge < -0.3 is 9.84 Å². The topological polar surface area (TPSA) is 61.9 Å². The molecule has 2 aromatic rings. The van der Waals surface area contributed by atoms with Crippen LogP contribution >= 0.6 is 0 Å². The number of nitrogens with zero attached hydrogens (tertiary/aromatic N) is 2. The zero-order valence-corrected chi connectivity index (χ0v) is 12.3. The van der Waals surface area contributed by atoms with Crippen LogP contribution in [0.1, 0.15) is 54.1 Å². The molecule has 0 fully saturated rings. The van der Waals surface area contributed by atoms with Crippen molar-refractivity contribution in [2.24, 2.45) is 0 Å². The van der Waals surface area contributed by atoms with Gasteiger partial charge in [0.1, 0.15) is 5.76 Å². The van der Waals surface area contributed by atoms with E-state index in [4.69, 9.17) is 9.78 Å². The Morgan fingerprint density at radius 1 is 1.15 bits per heavy atom. The summed E-state index contributed by atoms with van der Waals surface area (Å²) in [5, 5.41) is 16.3. The third kappa shape index (κ3) is 2.89. The molecule has 0 saturated heterocycles. The monoisotopic (exact) mass is 269 g/mol. The Kier molecular flexibility index (Phi) is 4.21. The summed E-state index contributed by atoms with van der Waals surface area (Å²) in [5.74, 6) is 0.856. The van der Waals surface area contributed by atoms with Crippen LogP contribution in [0, 0.1) is 25.2 Å². The molecule has 4 nitrogen and oxygen atoms in total. The molecule has 0 aliphatic rings. The highest BCUT2D eigenvalue weighted by molar-refractivity contribution is 5.33. The van der Waals surface area contributed by atoms with Crippen LogP contribution in [0.2, 0.25) is 0 Å². The van der Waals surface area contributed by atoms with E-state index in [0.717, 1.165) is 22.6 Å². The molecule has 0 radical (unpaired) electrons. The fraction of sp³-hybridized carbons (Fsp3) is 0.375. The molecule has 1 N–H and O–H groups in total.